The number of hydrogen-bond acceptors (Lipinski definition) is 4. The summed E-state index contributed by atoms with van der Waals surface area (Å²) in [6.45, 7) is -0.411. The average molecular weight is 235 g/mol. The van der Waals surface area contributed by atoms with Gasteiger partial charge >= 0.3 is 5.97 Å². The van der Waals surface area contributed by atoms with Crippen molar-refractivity contribution < 1.29 is 19.1 Å². The van der Waals surface area contributed by atoms with Crippen LogP contribution in [-0.2, 0) is 14.3 Å². The number of benzene rings is 1. The molecule has 1 aromatic rings. The summed E-state index contributed by atoms with van der Waals surface area (Å²) in [6, 6.07) is 7.12. The molecule has 0 fully saturated rings. The van der Waals surface area contributed by atoms with Crippen LogP contribution in [0, 0.1) is 0 Å². The minimum atomic E-state index is -0.684. The molecule has 0 saturated carbocycles. The molecule has 0 unspecified atom stereocenters. The van der Waals surface area contributed by atoms with Crippen LogP contribution in [0.1, 0.15) is 5.56 Å². The zero-order chi connectivity index (χ0) is 12.7. The molecule has 1 amide bonds. The van der Waals surface area contributed by atoms with Crippen molar-refractivity contribution in [3.05, 3.63) is 35.9 Å². The smallest absolute Gasteiger partial charge is 0.331 e. The average Bonchev–Trinajstić information content (AvgIpc) is 2.34. The largest absolute Gasteiger partial charge is 0.497 e. The fraction of sp³-hybridized carbons (Fsp3) is 0.167. The quantitative estimate of drug-likeness (QED) is 0.603. The van der Waals surface area contributed by atoms with Gasteiger partial charge in [0.05, 0.1) is 7.11 Å². The Kier molecular flexibility index (Phi) is 4.75. The molecule has 2 N–H and O–H groups in total. The minimum absolute atomic E-state index is 0.411. The van der Waals surface area contributed by atoms with Gasteiger partial charge in [0.25, 0.3) is 5.91 Å². The first kappa shape index (κ1) is 12.8. The van der Waals surface area contributed by atoms with Crippen molar-refractivity contribution in [3.63, 3.8) is 0 Å². The van der Waals surface area contributed by atoms with E-state index in [0.29, 0.717) is 0 Å². The predicted molar refractivity (Wildman–Crippen MR) is 62.2 cm³/mol. The van der Waals surface area contributed by atoms with Crippen LogP contribution in [0.15, 0.2) is 30.3 Å². The highest BCUT2D eigenvalue weighted by Gasteiger charge is 1.99. The maximum atomic E-state index is 11.1. The van der Waals surface area contributed by atoms with Gasteiger partial charge in [-0.1, -0.05) is 12.1 Å². The van der Waals surface area contributed by atoms with Crippen molar-refractivity contribution in [1.82, 2.24) is 0 Å². The molecule has 0 aliphatic rings. The molecule has 0 aliphatic heterocycles. The van der Waals surface area contributed by atoms with Crippen molar-refractivity contribution in [1.29, 1.82) is 0 Å². The molecule has 0 radical (unpaired) electrons. The molecule has 5 heteroatoms. The van der Waals surface area contributed by atoms with Crippen molar-refractivity contribution in [2.45, 2.75) is 0 Å². The summed E-state index contributed by atoms with van der Waals surface area (Å²) in [4.78, 5) is 21.5. The van der Waals surface area contributed by atoms with Gasteiger partial charge in [0.2, 0.25) is 0 Å². The van der Waals surface area contributed by atoms with Crippen LogP contribution in [0.25, 0.3) is 6.08 Å². The van der Waals surface area contributed by atoms with E-state index < -0.39 is 18.5 Å². The SMILES string of the molecule is COc1ccc(/C=C/C(=O)OCC(N)=O)cc1. The van der Waals surface area contributed by atoms with E-state index in [0.717, 1.165) is 11.3 Å². The van der Waals surface area contributed by atoms with Crippen LogP contribution in [-0.4, -0.2) is 25.6 Å². The molecule has 0 aromatic heterocycles. The van der Waals surface area contributed by atoms with Crippen molar-refractivity contribution in [2.24, 2.45) is 5.73 Å². The van der Waals surface area contributed by atoms with Gasteiger partial charge in [-0.3, -0.25) is 4.79 Å². The minimum Gasteiger partial charge on any atom is -0.497 e. The second-order valence-corrected chi connectivity index (χ2v) is 3.18. The lowest BCUT2D eigenvalue weighted by Gasteiger charge is -1.99. The fourth-order valence-electron chi connectivity index (χ4n) is 1.07. The fourth-order valence-corrected chi connectivity index (χ4v) is 1.07. The summed E-state index contributed by atoms with van der Waals surface area (Å²) in [5, 5.41) is 0. The Morgan fingerprint density at radius 1 is 1.29 bits per heavy atom. The van der Waals surface area contributed by atoms with Gasteiger partial charge in [-0.05, 0) is 23.8 Å². The highest BCUT2D eigenvalue weighted by atomic mass is 16.5. The third-order valence-corrected chi connectivity index (χ3v) is 1.88. The first-order valence-corrected chi connectivity index (χ1v) is 4.89. The van der Waals surface area contributed by atoms with E-state index in [4.69, 9.17) is 10.5 Å². The number of nitrogens with two attached hydrogens (primary N) is 1. The van der Waals surface area contributed by atoms with Gasteiger partial charge in [0, 0.05) is 6.08 Å². The lowest BCUT2D eigenvalue weighted by molar-refractivity contribution is -0.142. The van der Waals surface area contributed by atoms with Crippen molar-refractivity contribution in [3.8, 4) is 5.75 Å². The van der Waals surface area contributed by atoms with Crippen molar-refractivity contribution >= 4 is 18.0 Å². The molecule has 17 heavy (non-hydrogen) atoms. The summed E-state index contributed by atoms with van der Waals surface area (Å²) < 4.78 is 9.54. The number of amides is 1. The Labute approximate surface area is 98.8 Å². The van der Waals surface area contributed by atoms with Gasteiger partial charge in [-0.25, -0.2) is 4.79 Å². The lowest BCUT2D eigenvalue weighted by Crippen LogP contribution is -2.19. The van der Waals surface area contributed by atoms with Crippen molar-refractivity contribution in [2.75, 3.05) is 13.7 Å². The van der Waals surface area contributed by atoms with Crippen LogP contribution < -0.4 is 10.5 Å². The first-order chi connectivity index (χ1) is 8.11. The Hall–Kier alpha value is -2.30. The van der Waals surface area contributed by atoms with Crippen LogP contribution in [0.5, 0.6) is 5.75 Å². The number of hydrogen-bond donors (Lipinski definition) is 1. The number of ether oxygens (including phenoxy) is 2. The number of rotatable bonds is 5. The summed E-state index contributed by atoms with van der Waals surface area (Å²) >= 11 is 0. The number of methoxy groups -OCH3 is 1. The maximum Gasteiger partial charge on any atom is 0.331 e. The van der Waals surface area contributed by atoms with Crippen LogP contribution in [0.3, 0.4) is 0 Å². The third kappa shape index (κ3) is 4.83. The topological polar surface area (TPSA) is 78.6 Å². The van der Waals surface area contributed by atoms with E-state index in [-0.39, 0.29) is 0 Å². The van der Waals surface area contributed by atoms with E-state index in [1.165, 1.54) is 6.08 Å². The Morgan fingerprint density at radius 2 is 1.94 bits per heavy atom. The van der Waals surface area contributed by atoms with Gasteiger partial charge in [-0.2, -0.15) is 0 Å². The molecule has 0 aliphatic carbocycles. The predicted octanol–water partition coefficient (Wildman–Crippen LogP) is 0.737. The number of carbonyl (C=O) groups excluding carboxylic acids is 2. The van der Waals surface area contributed by atoms with Crippen LogP contribution in [0.2, 0.25) is 0 Å². The molecule has 0 spiro atoms. The summed E-state index contributed by atoms with van der Waals surface area (Å²) in [5.74, 6) is -0.561. The highest BCUT2D eigenvalue weighted by molar-refractivity contribution is 5.88. The molecule has 0 atom stereocenters. The Morgan fingerprint density at radius 3 is 2.47 bits per heavy atom. The van der Waals surface area contributed by atoms with E-state index in [1.54, 1.807) is 37.5 Å². The standard InChI is InChI=1S/C12H13NO4/c1-16-10-5-2-9(3-6-10)4-7-12(15)17-8-11(13)14/h2-7H,8H2,1H3,(H2,13,14)/b7-4+. The number of carbonyl (C=O) groups is 2. The van der Waals surface area contributed by atoms with Crippen LogP contribution >= 0.6 is 0 Å². The van der Waals surface area contributed by atoms with E-state index >= 15 is 0 Å². The molecule has 1 aromatic carbocycles. The molecular formula is C12H13NO4. The lowest BCUT2D eigenvalue weighted by atomic mass is 10.2. The van der Waals surface area contributed by atoms with Gasteiger partial charge < -0.3 is 15.2 Å². The van der Waals surface area contributed by atoms with E-state index in [9.17, 15) is 9.59 Å². The zero-order valence-electron chi connectivity index (χ0n) is 9.38. The molecular weight excluding hydrogens is 222 g/mol. The second-order valence-electron chi connectivity index (χ2n) is 3.18. The van der Waals surface area contributed by atoms with E-state index in [1.807, 2.05) is 0 Å². The normalized spacial score (nSPS) is 10.2. The Bertz CT molecular complexity index is 423. The van der Waals surface area contributed by atoms with E-state index in [2.05, 4.69) is 4.74 Å². The molecule has 5 nitrogen and oxygen atoms in total. The maximum absolute atomic E-state index is 11.1. The molecule has 0 bridgehead atoms. The summed E-state index contributed by atoms with van der Waals surface area (Å²) in [6.07, 6.45) is 2.80. The van der Waals surface area contributed by atoms with Gasteiger partial charge in [-0.15, -0.1) is 0 Å². The summed E-state index contributed by atoms with van der Waals surface area (Å²) in [7, 11) is 1.58. The Balaban J connectivity index is 2.51. The van der Waals surface area contributed by atoms with Gasteiger partial charge in [0.1, 0.15) is 5.75 Å². The number of primary amides is 1. The summed E-state index contributed by atoms with van der Waals surface area (Å²) in [5.41, 5.74) is 5.65. The third-order valence-electron chi connectivity index (χ3n) is 1.88. The highest BCUT2D eigenvalue weighted by Crippen LogP contribution is 2.12. The monoisotopic (exact) mass is 235 g/mol. The molecule has 1 rings (SSSR count). The van der Waals surface area contributed by atoms with Crippen LogP contribution in [0.4, 0.5) is 0 Å². The van der Waals surface area contributed by atoms with Gasteiger partial charge in [0.15, 0.2) is 6.61 Å². The molecule has 0 saturated heterocycles. The molecule has 0 heterocycles. The number of esters is 1. The first-order valence-electron chi connectivity index (χ1n) is 4.89. The molecule has 90 valence electrons. The second kappa shape index (κ2) is 6.32. The zero-order valence-corrected chi connectivity index (χ0v) is 9.38.